The highest BCUT2D eigenvalue weighted by Crippen LogP contribution is 2.20. The van der Waals surface area contributed by atoms with Crippen molar-refractivity contribution in [1.29, 1.82) is 5.26 Å². The lowest BCUT2D eigenvalue weighted by molar-refractivity contribution is 0.0221. The molecule has 1 aromatic carbocycles. The summed E-state index contributed by atoms with van der Waals surface area (Å²) in [6, 6.07) is 9.11. The summed E-state index contributed by atoms with van der Waals surface area (Å²) in [5.41, 5.74) is 1.38. The Morgan fingerprint density at radius 3 is 2.79 bits per heavy atom. The van der Waals surface area contributed by atoms with Crippen LogP contribution in [0.3, 0.4) is 0 Å². The van der Waals surface area contributed by atoms with Gasteiger partial charge < -0.3 is 15.2 Å². The van der Waals surface area contributed by atoms with Gasteiger partial charge in [0.25, 0.3) is 0 Å². The van der Waals surface area contributed by atoms with Gasteiger partial charge in [0.05, 0.1) is 24.3 Å². The minimum Gasteiger partial charge on any atom is -0.387 e. The van der Waals surface area contributed by atoms with Crippen LogP contribution in [-0.4, -0.2) is 30.4 Å². The minimum absolute atomic E-state index is 0.0498. The highest BCUT2D eigenvalue weighted by atomic mass is 16.5. The average Bonchev–Trinajstić information content (AvgIpc) is 2.46. The summed E-state index contributed by atoms with van der Waals surface area (Å²) in [6.45, 7) is 4.13. The van der Waals surface area contributed by atoms with E-state index in [2.05, 4.69) is 18.3 Å². The first-order chi connectivity index (χ1) is 9.13. The third kappa shape index (κ3) is 3.77. The SMILES string of the molecule is CC1(NCC(O)c2ccc(C#N)cc2)CCCOC1. The van der Waals surface area contributed by atoms with E-state index in [4.69, 9.17) is 10.00 Å². The molecule has 0 saturated carbocycles. The van der Waals surface area contributed by atoms with Crippen molar-refractivity contribution >= 4 is 0 Å². The Morgan fingerprint density at radius 1 is 1.47 bits per heavy atom. The first-order valence-electron chi connectivity index (χ1n) is 6.64. The van der Waals surface area contributed by atoms with Gasteiger partial charge in [-0.2, -0.15) is 5.26 Å². The molecule has 2 N–H and O–H groups in total. The van der Waals surface area contributed by atoms with Gasteiger partial charge in [-0.3, -0.25) is 0 Å². The normalized spacial score (nSPS) is 24.7. The van der Waals surface area contributed by atoms with Gasteiger partial charge in [-0.15, -0.1) is 0 Å². The molecule has 1 aliphatic rings. The van der Waals surface area contributed by atoms with Crippen LogP contribution in [0.5, 0.6) is 0 Å². The van der Waals surface area contributed by atoms with Crippen LogP contribution in [0.1, 0.15) is 37.0 Å². The summed E-state index contributed by atoms with van der Waals surface area (Å²) in [7, 11) is 0. The zero-order valence-corrected chi connectivity index (χ0v) is 11.2. The van der Waals surface area contributed by atoms with Gasteiger partial charge in [0.1, 0.15) is 0 Å². The number of nitrogens with zero attached hydrogens (tertiary/aromatic N) is 1. The van der Waals surface area contributed by atoms with Gasteiger partial charge >= 0.3 is 0 Å². The number of β-amino-alcohol motifs (C(OH)–C–C–N with tert-alkyl or cyclic N) is 1. The lowest BCUT2D eigenvalue weighted by Gasteiger charge is -2.35. The molecule has 0 aromatic heterocycles. The number of ether oxygens (including phenoxy) is 1. The third-order valence-corrected chi connectivity index (χ3v) is 3.58. The fraction of sp³-hybridized carbons (Fsp3) is 0.533. The van der Waals surface area contributed by atoms with Gasteiger partial charge in [-0.05, 0) is 37.5 Å². The molecular weight excluding hydrogens is 240 g/mol. The monoisotopic (exact) mass is 260 g/mol. The molecule has 2 unspecified atom stereocenters. The fourth-order valence-corrected chi connectivity index (χ4v) is 2.31. The van der Waals surface area contributed by atoms with Crippen LogP contribution in [0, 0.1) is 11.3 Å². The van der Waals surface area contributed by atoms with Crippen LogP contribution in [0.15, 0.2) is 24.3 Å². The summed E-state index contributed by atoms with van der Waals surface area (Å²) in [5.74, 6) is 0. The second-order valence-corrected chi connectivity index (χ2v) is 5.35. The number of hydrogen-bond acceptors (Lipinski definition) is 4. The van der Waals surface area contributed by atoms with Crippen LogP contribution >= 0.6 is 0 Å². The molecule has 1 aromatic rings. The quantitative estimate of drug-likeness (QED) is 0.865. The summed E-state index contributed by atoms with van der Waals surface area (Å²) >= 11 is 0. The smallest absolute Gasteiger partial charge is 0.0991 e. The van der Waals surface area contributed by atoms with Crippen LogP contribution in [0.4, 0.5) is 0 Å². The van der Waals surface area contributed by atoms with Crippen molar-refractivity contribution in [2.24, 2.45) is 0 Å². The standard InChI is InChI=1S/C15H20N2O2/c1-15(7-2-8-19-11-15)17-10-14(18)13-5-3-12(9-16)4-6-13/h3-6,14,17-18H,2,7-8,10-11H2,1H3. The molecule has 0 radical (unpaired) electrons. The molecule has 2 atom stereocenters. The average molecular weight is 260 g/mol. The molecule has 1 aliphatic heterocycles. The number of aliphatic hydroxyl groups is 1. The van der Waals surface area contributed by atoms with Gasteiger partial charge in [0.2, 0.25) is 0 Å². The minimum atomic E-state index is -0.563. The van der Waals surface area contributed by atoms with E-state index in [9.17, 15) is 5.11 Å². The Kier molecular flexibility index (Phi) is 4.54. The first-order valence-corrected chi connectivity index (χ1v) is 6.64. The molecule has 4 heteroatoms. The van der Waals surface area contributed by atoms with E-state index in [1.807, 2.05) is 0 Å². The van der Waals surface area contributed by atoms with Crippen molar-refractivity contribution in [3.8, 4) is 6.07 Å². The largest absolute Gasteiger partial charge is 0.387 e. The van der Waals surface area contributed by atoms with Gasteiger partial charge in [0.15, 0.2) is 0 Å². The topological polar surface area (TPSA) is 65.3 Å². The van der Waals surface area contributed by atoms with Gasteiger partial charge in [-0.25, -0.2) is 0 Å². The van der Waals surface area contributed by atoms with Crippen LogP contribution in [-0.2, 0) is 4.74 Å². The highest BCUT2D eigenvalue weighted by molar-refractivity contribution is 5.32. The Labute approximate surface area is 114 Å². The van der Waals surface area contributed by atoms with Crippen molar-refractivity contribution in [2.45, 2.75) is 31.4 Å². The zero-order valence-electron chi connectivity index (χ0n) is 11.2. The van der Waals surface area contributed by atoms with E-state index < -0.39 is 6.10 Å². The molecule has 4 nitrogen and oxygen atoms in total. The Bertz CT molecular complexity index is 444. The molecule has 0 aliphatic carbocycles. The molecule has 0 spiro atoms. The maximum absolute atomic E-state index is 10.1. The van der Waals surface area contributed by atoms with E-state index in [0.717, 1.165) is 25.0 Å². The van der Waals surface area contributed by atoms with Crippen molar-refractivity contribution in [3.63, 3.8) is 0 Å². The van der Waals surface area contributed by atoms with Gasteiger partial charge in [-0.1, -0.05) is 12.1 Å². The zero-order chi connectivity index (χ0) is 13.7. The van der Waals surface area contributed by atoms with Crippen molar-refractivity contribution in [3.05, 3.63) is 35.4 Å². The maximum Gasteiger partial charge on any atom is 0.0991 e. The number of benzene rings is 1. The predicted octanol–water partition coefficient (Wildman–Crippen LogP) is 1.75. The lowest BCUT2D eigenvalue weighted by Crippen LogP contribution is -2.50. The van der Waals surface area contributed by atoms with Crippen LogP contribution in [0.25, 0.3) is 0 Å². The summed E-state index contributed by atoms with van der Waals surface area (Å²) in [5, 5.41) is 22.3. The molecule has 0 amide bonds. The van der Waals surface area contributed by atoms with Crippen molar-refractivity contribution < 1.29 is 9.84 Å². The van der Waals surface area contributed by atoms with E-state index in [1.165, 1.54) is 0 Å². The molecular formula is C15H20N2O2. The number of nitriles is 1. The maximum atomic E-state index is 10.1. The summed E-state index contributed by atoms with van der Waals surface area (Å²) in [6.07, 6.45) is 1.55. The molecule has 102 valence electrons. The second-order valence-electron chi connectivity index (χ2n) is 5.35. The van der Waals surface area contributed by atoms with Gasteiger partial charge in [0, 0.05) is 18.7 Å². The number of rotatable bonds is 4. The van der Waals surface area contributed by atoms with Crippen molar-refractivity contribution in [2.75, 3.05) is 19.8 Å². The number of aliphatic hydroxyl groups excluding tert-OH is 1. The Balaban J connectivity index is 1.89. The molecule has 1 heterocycles. The summed E-state index contributed by atoms with van der Waals surface area (Å²) in [4.78, 5) is 0. The van der Waals surface area contributed by atoms with E-state index in [-0.39, 0.29) is 5.54 Å². The second kappa shape index (κ2) is 6.16. The molecule has 1 fully saturated rings. The fourth-order valence-electron chi connectivity index (χ4n) is 2.31. The van der Waals surface area contributed by atoms with E-state index in [0.29, 0.717) is 18.7 Å². The highest BCUT2D eigenvalue weighted by Gasteiger charge is 2.27. The molecule has 1 saturated heterocycles. The van der Waals surface area contributed by atoms with Crippen LogP contribution < -0.4 is 5.32 Å². The summed E-state index contributed by atoms with van der Waals surface area (Å²) < 4.78 is 5.47. The Morgan fingerprint density at radius 2 is 2.21 bits per heavy atom. The first kappa shape index (κ1) is 14.0. The number of nitrogens with one attached hydrogen (secondary N) is 1. The van der Waals surface area contributed by atoms with E-state index in [1.54, 1.807) is 24.3 Å². The number of hydrogen-bond donors (Lipinski definition) is 2. The predicted molar refractivity (Wildman–Crippen MR) is 72.6 cm³/mol. The molecule has 0 bridgehead atoms. The molecule has 19 heavy (non-hydrogen) atoms. The Hall–Kier alpha value is -1.41. The van der Waals surface area contributed by atoms with E-state index >= 15 is 0 Å². The molecule has 2 rings (SSSR count). The lowest BCUT2D eigenvalue weighted by atomic mass is 9.94. The third-order valence-electron chi connectivity index (χ3n) is 3.58. The van der Waals surface area contributed by atoms with Crippen molar-refractivity contribution in [1.82, 2.24) is 5.32 Å². The van der Waals surface area contributed by atoms with Crippen LogP contribution in [0.2, 0.25) is 0 Å².